The smallest absolute Gasteiger partial charge is 0.114 e. The Hall–Kier alpha value is -3.19. The topological polar surface area (TPSA) is 96.7 Å². The first-order valence-electron chi connectivity index (χ1n) is 12.3. The minimum Gasteiger partial charge on any atom is -0.386 e. The fourth-order valence-corrected chi connectivity index (χ4v) is 4.65. The Morgan fingerprint density at radius 3 is 2.33 bits per heavy atom. The molecule has 0 radical (unpaired) electrons. The number of nitrogens with zero attached hydrogens (tertiary/aromatic N) is 3. The van der Waals surface area contributed by atoms with Gasteiger partial charge in [-0.05, 0) is 53.1 Å². The molecule has 0 aliphatic carbocycles. The van der Waals surface area contributed by atoms with Gasteiger partial charge >= 0.3 is 0 Å². The van der Waals surface area contributed by atoms with Crippen LogP contribution in [0.1, 0.15) is 41.7 Å². The normalized spacial score (nSPS) is 22.5. The molecule has 7 heteroatoms. The van der Waals surface area contributed by atoms with E-state index in [0.717, 1.165) is 28.7 Å². The van der Waals surface area contributed by atoms with E-state index >= 15 is 0 Å². The lowest BCUT2D eigenvalue weighted by Gasteiger charge is -2.42. The van der Waals surface area contributed by atoms with Gasteiger partial charge in [-0.3, -0.25) is 0 Å². The molecule has 0 spiro atoms. The molecule has 0 bridgehead atoms. The summed E-state index contributed by atoms with van der Waals surface area (Å²) in [5, 5.41) is 15.1. The van der Waals surface area contributed by atoms with Crippen molar-refractivity contribution in [1.29, 1.82) is 0 Å². The van der Waals surface area contributed by atoms with Crippen molar-refractivity contribution in [3.8, 4) is 0 Å². The largest absolute Gasteiger partial charge is 0.386 e. The van der Waals surface area contributed by atoms with Crippen LogP contribution >= 0.6 is 0 Å². The average molecular weight is 488 g/mol. The first-order chi connectivity index (χ1) is 17.5. The van der Waals surface area contributed by atoms with Crippen molar-refractivity contribution in [3.63, 3.8) is 0 Å². The Morgan fingerprint density at radius 2 is 1.69 bits per heavy atom. The first-order valence-corrected chi connectivity index (χ1v) is 12.3. The summed E-state index contributed by atoms with van der Waals surface area (Å²) in [6, 6.07) is 25.3. The van der Waals surface area contributed by atoms with Crippen LogP contribution < -0.4 is 0 Å². The van der Waals surface area contributed by atoms with E-state index in [4.69, 9.17) is 19.7 Å². The molecular weight excluding hydrogens is 454 g/mol. The van der Waals surface area contributed by atoms with Crippen molar-refractivity contribution in [2.45, 2.75) is 57.9 Å². The molecule has 3 aromatic carbocycles. The van der Waals surface area contributed by atoms with Crippen LogP contribution in [0.4, 0.5) is 5.69 Å². The molecule has 0 aromatic heterocycles. The predicted octanol–water partition coefficient (Wildman–Crippen LogP) is 6.57. The van der Waals surface area contributed by atoms with Crippen molar-refractivity contribution in [2.24, 2.45) is 11.0 Å². The molecule has 7 nitrogen and oxygen atoms in total. The number of aliphatic hydroxyl groups excluding tert-OH is 1. The van der Waals surface area contributed by atoms with Crippen LogP contribution in [0.5, 0.6) is 0 Å². The van der Waals surface area contributed by atoms with Gasteiger partial charge in [-0.15, -0.1) is 0 Å². The summed E-state index contributed by atoms with van der Waals surface area (Å²) in [6.07, 6.45) is -1.21. The fraction of sp³-hybridized carbons (Fsp3) is 0.379. The zero-order valence-electron chi connectivity index (χ0n) is 20.7. The van der Waals surface area contributed by atoms with Gasteiger partial charge in [0, 0.05) is 10.6 Å². The highest BCUT2D eigenvalue weighted by Crippen LogP contribution is 2.36. The van der Waals surface area contributed by atoms with Crippen molar-refractivity contribution < 1.29 is 19.3 Å². The Kier molecular flexibility index (Phi) is 9.11. The number of azide groups is 1. The summed E-state index contributed by atoms with van der Waals surface area (Å²) < 4.78 is 18.8. The molecule has 1 saturated heterocycles. The maximum absolute atomic E-state index is 11.5. The molecule has 2 unspecified atom stereocenters. The Bertz CT molecular complexity index is 1150. The lowest BCUT2D eigenvalue weighted by atomic mass is 9.86. The van der Waals surface area contributed by atoms with Gasteiger partial charge < -0.3 is 19.3 Å². The summed E-state index contributed by atoms with van der Waals surface area (Å²) in [4.78, 5) is 2.85. The molecule has 188 valence electrons. The minimum absolute atomic E-state index is 0.173. The molecule has 4 rings (SSSR count). The van der Waals surface area contributed by atoms with Crippen molar-refractivity contribution in [2.75, 3.05) is 6.61 Å². The van der Waals surface area contributed by atoms with E-state index in [-0.39, 0.29) is 18.1 Å². The second-order valence-electron chi connectivity index (χ2n) is 9.36. The van der Waals surface area contributed by atoms with E-state index in [0.29, 0.717) is 25.5 Å². The lowest BCUT2D eigenvalue weighted by molar-refractivity contribution is -0.209. The summed E-state index contributed by atoms with van der Waals surface area (Å²) in [5.74, 6) is 0.193. The van der Waals surface area contributed by atoms with Crippen molar-refractivity contribution in [1.82, 2.24) is 0 Å². The molecule has 0 amide bonds. The van der Waals surface area contributed by atoms with Crippen LogP contribution in [0, 0.1) is 12.8 Å². The quantitative estimate of drug-likeness (QED) is 0.199. The monoisotopic (exact) mass is 487 g/mol. The highest BCUT2D eigenvalue weighted by atomic mass is 16.6. The molecule has 1 aliphatic heterocycles. The highest BCUT2D eigenvalue weighted by Gasteiger charge is 2.41. The van der Waals surface area contributed by atoms with Crippen molar-refractivity contribution in [3.05, 3.63) is 112 Å². The lowest BCUT2D eigenvalue weighted by Crippen LogP contribution is -2.49. The van der Waals surface area contributed by atoms with Crippen LogP contribution in [0.25, 0.3) is 10.4 Å². The fourth-order valence-electron chi connectivity index (χ4n) is 4.65. The predicted molar refractivity (Wildman–Crippen MR) is 139 cm³/mol. The number of benzene rings is 3. The maximum atomic E-state index is 11.5. The first kappa shape index (κ1) is 25.9. The minimum atomic E-state index is -0.907. The molecule has 3 aromatic rings. The summed E-state index contributed by atoms with van der Waals surface area (Å²) in [7, 11) is 0. The SMILES string of the molecule is Cc1cc(N=[N+]=[N-])ccc1[C@@H](O)[C@H]1OC(COCc2ccccc2)[C@@H](C)CC1OCc1ccccc1. The Labute approximate surface area is 212 Å². The molecule has 1 heterocycles. The Balaban J connectivity index is 1.49. The molecule has 0 saturated carbocycles. The van der Waals surface area contributed by atoms with Gasteiger partial charge in [0.25, 0.3) is 0 Å². The number of aliphatic hydroxyl groups is 1. The number of hydrogen-bond donors (Lipinski definition) is 1. The van der Waals surface area contributed by atoms with Gasteiger partial charge in [-0.2, -0.15) is 0 Å². The average Bonchev–Trinajstić information content (AvgIpc) is 2.89. The second-order valence-corrected chi connectivity index (χ2v) is 9.36. The third kappa shape index (κ3) is 6.72. The number of ether oxygens (including phenoxy) is 3. The molecule has 1 aliphatic rings. The molecule has 5 atom stereocenters. The Morgan fingerprint density at radius 1 is 1.03 bits per heavy atom. The molecule has 1 N–H and O–H groups in total. The van der Waals surface area contributed by atoms with Crippen LogP contribution in [-0.2, 0) is 27.4 Å². The zero-order chi connectivity index (χ0) is 25.3. The van der Waals surface area contributed by atoms with E-state index < -0.39 is 12.2 Å². The summed E-state index contributed by atoms with van der Waals surface area (Å²) in [6.45, 7) is 5.40. The molecular formula is C29H33N3O4. The van der Waals surface area contributed by atoms with E-state index in [1.165, 1.54) is 0 Å². The summed E-state index contributed by atoms with van der Waals surface area (Å²) >= 11 is 0. The van der Waals surface area contributed by atoms with Crippen LogP contribution in [0.2, 0.25) is 0 Å². The summed E-state index contributed by atoms with van der Waals surface area (Å²) in [5.41, 5.74) is 13.0. The zero-order valence-corrected chi connectivity index (χ0v) is 20.7. The van der Waals surface area contributed by atoms with Crippen LogP contribution in [0.3, 0.4) is 0 Å². The third-order valence-electron chi connectivity index (χ3n) is 6.68. The van der Waals surface area contributed by atoms with Gasteiger partial charge in [0.2, 0.25) is 0 Å². The van der Waals surface area contributed by atoms with E-state index in [9.17, 15) is 5.11 Å². The van der Waals surface area contributed by atoms with Gasteiger partial charge in [-0.25, -0.2) is 0 Å². The van der Waals surface area contributed by atoms with Gasteiger partial charge in [0.05, 0.1) is 32.0 Å². The molecule has 36 heavy (non-hydrogen) atoms. The number of rotatable bonds is 10. The van der Waals surface area contributed by atoms with E-state index in [2.05, 4.69) is 16.9 Å². The van der Waals surface area contributed by atoms with Crippen molar-refractivity contribution >= 4 is 5.69 Å². The number of hydrogen-bond acceptors (Lipinski definition) is 5. The van der Waals surface area contributed by atoms with Gasteiger partial charge in [0.1, 0.15) is 12.2 Å². The van der Waals surface area contributed by atoms with Crippen LogP contribution in [0.15, 0.2) is 84.0 Å². The second kappa shape index (κ2) is 12.7. The maximum Gasteiger partial charge on any atom is 0.114 e. The molecule has 1 fully saturated rings. The van der Waals surface area contributed by atoms with E-state index in [1.807, 2.05) is 67.6 Å². The number of aryl methyl sites for hydroxylation is 1. The van der Waals surface area contributed by atoms with Crippen LogP contribution in [-0.4, -0.2) is 30.0 Å². The van der Waals surface area contributed by atoms with E-state index in [1.54, 1.807) is 18.2 Å². The third-order valence-corrected chi connectivity index (χ3v) is 6.68. The standard InChI is InChI=1S/C29H33N3O4/c1-20-15-24(31-32-30)13-14-25(20)28(33)29-26(35-18-23-11-7-4-8-12-23)16-21(2)27(36-29)19-34-17-22-9-5-3-6-10-22/h3-15,21,26-29,33H,16-19H2,1-2H3/t21-,26?,27?,28+,29-/m0/s1. The highest BCUT2D eigenvalue weighted by molar-refractivity contribution is 5.44. The van der Waals surface area contributed by atoms with Gasteiger partial charge in [0.15, 0.2) is 0 Å². The van der Waals surface area contributed by atoms with Gasteiger partial charge in [-0.1, -0.05) is 84.8 Å².